The van der Waals surface area contributed by atoms with E-state index in [1.165, 1.54) is 18.3 Å². The summed E-state index contributed by atoms with van der Waals surface area (Å²) < 4.78 is 0. The third kappa shape index (κ3) is 3.18. The molecule has 1 aliphatic carbocycles. The van der Waals surface area contributed by atoms with Crippen molar-refractivity contribution < 1.29 is 19.5 Å². The molecule has 1 aromatic rings. The Morgan fingerprint density at radius 1 is 1.33 bits per heavy atom. The molecule has 4 N–H and O–H groups in total. The van der Waals surface area contributed by atoms with Gasteiger partial charge in [0.15, 0.2) is 0 Å². The minimum atomic E-state index is -1.13. The fraction of sp³-hybridized carbons (Fsp3) is 0.429. The van der Waals surface area contributed by atoms with E-state index in [2.05, 4.69) is 10.3 Å². The molecule has 0 radical (unpaired) electrons. The molecular weight excluding hydrogens is 274 g/mol. The molecular formula is C14H17N3O4. The molecule has 1 fully saturated rings. The second-order valence-corrected chi connectivity index (χ2v) is 5.27. The Labute approximate surface area is 121 Å². The van der Waals surface area contributed by atoms with Crippen molar-refractivity contribution in [2.75, 3.05) is 6.54 Å². The Hall–Kier alpha value is -2.44. The lowest BCUT2D eigenvalue weighted by Gasteiger charge is -2.25. The lowest BCUT2D eigenvalue weighted by molar-refractivity contribution is -0.127. The molecule has 0 atom stereocenters. The van der Waals surface area contributed by atoms with Crippen LogP contribution in [-0.2, 0) is 4.79 Å². The van der Waals surface area contributed by atoms with E-state index in [0.717, 1.165) is 12.8 Å². The number of aromatic carboxylic acids is 1. The van der Waals surface area contributed by atoms with Gasteiger partial charge in [0.25, 0.3) is 5.91 Å². The van der Waals surface area contributed by atoms with Gasteiger partial charge >= 0.3 is 5.97 Å². The average molecular weight is 291 g/mol. The number of nitrogens with two attached hydrogens (primary N) is 1. The smallest absolute Gasteiger partial charge is 0.335 e. The molecule has 7 heteroatoms. The number of carbonyl (C=O) groups is 3. The van der Waals surface area contributed by atoms with Crippen molar-refractivity contribution >= 4 is 17.8 Å². The van der Waals surface area contributed by atoms with Crippen molar-refractivity contribution in [2.24, 2.45) is 11.1 Å². The summed E-state index contributed by atoms with van der Waals surface area (Å²) in [5, 5.41) is 11.5. The highest BCUT2D eigenvalue weighted by atomic mass is 16.4. The minimum absolute atomic E-state index is 0.00696. The number of hydrogen-bond acceptors (Lipinski definition) is 4. The Morgan fingerprint density at radius 3 is 2.57 bits per heavy atom. The molecule has 112 valence electrons. The van der Waals surface area contributed by atoms with Crippen LogP contribution in [0.4, 0.5) is 0 Å². The van der Waals surface area contributed by atoms with Crippen LogP contribution in [0.3, 0.4) is 0 Å². The molecule has 2 rings (SSSR count). The molecule has 0 bridgehead atoms. The lowest BCUT2D eigenvalue weighted by atomic mass is 9.85. The van der Waals surface area contributed by atoms with Gasteiger partial charge in [-0.2, -0.15) is 0 Å². The van der Waals surface area contributed by atoms with Crippen LogP contribution < -0.4 is 11.1 Å². The fourth-order valence-corrected chi connectivity index (χ4v) is 2.59. The summed E-state index contributed by atoms with van der Waals surface area (Å²) in [6.45, 7) is 0.153. The molecule has 0 saturated heterocycles. The SMILES string of the molecule is NC(=O)C1(CNC(=O)c2cc(C(=O)O)ccn2)CCCC1. The first-order valence-electron chi connectivity index (χ1n) is 6.72. The average Bonchev–Trinajstić information content (AvgIpc) is 2.95. The number of aromatic nitrogens is 1. The standard InChI is InChI=1S/C14H17N3O4/c15-13(21)14(4-1-2-5-14)8-17-11(18)10-7-9(12(19)20)3-6-16-10/h3,6-7H,1-2,4-5,8H2,(H2,15,21)(H,17,18)(H,19,20). The summed E-state index contributed by atoms with van der Waals surface area (Å²) in [5.41, 5.74) is 4.74. The van der Waals surface area contributed by atoms with Gasteiger partial charge in [-0.25, -0.2) is 4.79 Å². The molecule has 1 heterocycles. The second-order valence-electron chi connectivity index (χ2n) is 5.27. The predicted molar refractivity (Wildman–Crippen MR) is 73.6 cm³/mol. The molecule has 1 aliphatic rings. The topological polar surface area (TPSA) is 122 Å². The van der Waals surface area contributed by atoms with Crippen molar-refractivity contribution in [1.82, 2.24) is 10.3 Å². The molecule has 0 unspecified atom stereocenters. The number of nitrogens with one attached hydrogen (secondary N) is 1. The number of carbonyl (C=O) groups excluding carboxylic acids is 2. The quantitative estimate of drug-likeness (QED) is 0.731. The molecule has 7 nitrogen and oxygen atoms in total. The van der Waals surface area contributed by atoms with Crippen LogP contribution in [0.25, 0.3) is 0 Å². The monoisotopic (exact) mass is 291 g/mol. The zero-order chi connectivity index (χ0) is 15.5. The largest absolute Gasteiger partial charge is 0.478 e. The highest BCUT2D eigenvalue weighted by molar-refractivity contribution is 5.96. The van der Waals surface area contributed by atoms with Crippen LogP contribution in [0.15, 0.2) is 18.3 Å². The van der Waals surface area contributed by atoms with E-state index < -0.39 is 23.2 Å². The van der Waals surface area contributed by atoms with E-state index in [4.69, 9.17) is 10.8 Å². The third-order valence-electron chi connectivity index (χ3n) is 3.91. The summed E-state index contributed by atoms with van der Waals surface area (Å²) in [7, 11) is 0. The van der Waals surface area contributed by atoms with Gasteiger partial charge < -0.3 is 16.2 Å². The van der Waals surface area contributed by atoms with E-state index in [1.54, 1.807) is 0 Å². The zero-order valence-electron chi connectivity index (χ0n) is 11.5. The first-order chi connectivity index (χ1) is 9.94. The van der Waals surface area contributed by atoms with Gasteiger partial charge in [0, 0.05) is 12.7 Å². The van der Waals surface area contributed by atoms with Crippen LogP contribution in [0, 0.1) is 5.41 Å². The maximum absolute atomic E-state index is 12.0. The molecule has 1 saturated carbocycles. The minimum Gasteiger partial charge on any atom is -0.478 e. The second kappa shape index (κ2) is 5.90. The van der Waals surface area contributed by atoms with E-state index in [1.807, 2.05) is 0 Å². The maximum atomic E-state index is 12.0. The molecule has 0 spiro atoms. The number of nitrogens with zero attached hydrogens (tertiary/aromatic N) is 1. The van der Waals surface area contributed by atoms with Gasteiger partial charge in [0.1, 0.15) is 5.69 Å². The van der Waals surface area contributed by atoms with Crippen molar-refractivity contribution in [3.8, 4) is 0 Å². The molecule has 0 aliphatic heterocycles. The summed E-state index contributed by atoms with van der Waals surface area (Å²) in [6, 6.07) is 2.50. The highest BCUT2D eigenvalue weighted by Gasteiger charge is 2.39. The Kier molecular flexibility index (Phi) is 4.21. The van der Waals surface area contributed by atoms with Gasteiger partial charge in [-0.15, -0.1) is 0 Å². The van der Waals surface area contributed by atoms with Crippen molar-refractivity contribution in [2.45, 2.75) is 25.7 Å². The molecule has 1 aromatic heterocycles. The normalized spacial score (nSPS) is 16.4. The van der Waals surface area contributed by atoms with Crippen LogP contribution in [0.5, 0.6) is 0 Å². The Morgan fingerprint density at radius 2 is 2.00 bits per heavy atom. The molecule has 21 heavy (non-hydrogen) atoms. The summed E-state index contributed by atoms with van der Waals surface area (Å²) in [6.07, 6.45) is 4.39. The summed E-state index contributed by atoms with van der Waals surface area (Å²) in [5.74, 6) is -2.05. The first-order valence-corrected chi connectivity index (χ1v) is 6.72. The van der Waals surface area contributed by atoms with Gasteiger partial charge in [-0.05, 0) is 25.0 Å². The number of carboxylic acid groups (broad SMARTS) is 1. The summed E-state index contributed by atoms with van der Waals surface area (Å²) in [4.78, 5) is 38.3. The van der Waals surface area contributed by atoms with Gasteiger partial charge in [-0.1, -0.05) is 12.8 Å². The van der Waals surface area contributed by atoms with Gasteiger partial charge in [0.2, 0.25) is 5.91 Å². The van der Waals surface area contributed by atoms with Crippen LogP contribution in [0.2, 0.25) is 0 Å². The molecule has 0 aromatic carbocycles. The van der Waals surface area contributed by atoms with Crippen molar-refractivity contribution in [3.05, 3.63) is 29.6 Å². The number of pyridine rings is 1. The molecule has 2 amide bonds. The number of amides is 2. The fourth-order valence-electron chi connectivity index (χ4n) is 2.59. The number of primary amides is 1. The van der Waals surface area contributed by atoms with E-state index in [-0.39, 0.29) is 17.8 Å². The van der Waals surface area contributed by atoms with Gasteiger partial charge in [0.05, 0.1) is 11.0 Å². The maximum Gasteiger partial charge on any atom is 0.335 e. The van der Waals surface area contributed by atoms with E-state index >= 15 is 0 Å². The number of rotatable bonds is 5. The van der Waals surface area contributed by atoms with Gasteiger partial charge in [-0.3, -0.25) is 14.6 Å². The third-order valence-corrected chi connectivity index (χ3v) is 3.91. The number of hydrogen-bond donors (Lipinski definition) is 3. The van der Waals surface area contributed by atoms with Crippen LogP contribution in [-0.4, -0.2) is 34.4 Å². The van der Waals surface area contributed by atoms with Crippen LogP contribution >= 0.6 is 0 Å². The first kappa shape index (κ1) is 15.0. The Bertz CT molecular complexity index is 579. The van der Waals surface area contributed by atoms with E-state index in [0.29, 0.717) is 12.8 Å². The van der Waals surface area contributed by atoms with Crippen molar-refractivity contribution in [3.63, 3.8) is 0 Å². The Balaban J connectivity index is 2.06. The lowest BCUT2D eigenvalue weighted by Crippen LogP contribution is -2.44. The van der Waals surface area contributed by atoms with E-state index in [9.17, 15) is 14.4 Å². The van der Waals surface area contributed by atoms with Crippen LogP contribution in [0.1, 0.15) is 46.5 Å². The van der Waals surface area contributed by atoms with Crippen molar-refractivity contribution in [1.29, 1.82) is 0 Å². The highest BCUT2D eigenvalue weighted by Crippen LogP contribution is 2.37. The number of carboxylic acids is 1. The predicted octanol–water partition coefficient (Wildman–Crippen LogP) is 0.555. The summed E-state index contributed by atoms with van der Waals surface area (Å²) >= 11 is 0. The zero-order valence-corrected chi connectivity index (χ0v) is 11.5.